The fourth-order valence-corrected chi connectivity index (χ4v) is 2.89. The Kier molecular flexibility index (Phi) is 6.31. The molecule has 2 atom stereocenters. The molecule has 1 aromatic rings. The highest BCUT2D eigenvalue weighted by atomic mass is 79.9. The van der Waals surface area contributed by atoms with E-state index in [-0.39, 0.29) is 6.10 Å². The summed E-state index contributed by atoms with van der Waals surface area (Å²) in [6.07, 6.45) is 9.95. The van der Waals surface area contributed by atoms with Crippen molar-refractivity contribution in [3.63, 3.8) is 0 Å². The lowest BCUT2D eigenvalue weighted by Crippen LogP contribution is -1.97. The van der Waals surface area contributed by atoms with E-state index in [2.05, 4.69) is 53.7 Å². The molecule has 0 amide bonds. The second kappa shape index (κ2) is 7.99. The molecule has 1 aliphatic rings. The lowest BCUT2D eigenvalue weighted by atomic mass is 10.0. The molecule has 0 N–H and O–H groups in total. The minimum atomic E-state index is 0.256. The number of hydrogen-bond donors (Lipinski definition) is 0. The molecule has 110 valence electrons. The van der Waals surface area contributed by atoms with Gasteiger partial charge in [-0.15, -0.1) is 0 Å². The summed E-state index contributed by atoms with van der Waals surface area (Å²) in [4.78, 5) is 0. The van der Waals surface area contributed by atoms with Crippen molar-refractivity contribution in [1.29, 1.82) is 0 Å². The van der Waals surface area contributed by atoms with Gasteiger partial charge in [-0.1, -0.05) is 80.1 Å². The molecule has 1 fully saturated rings. The third-order valence-corrected chi connectivity index (χ3v) is 4.51. The molecule has 20 heavy (non-hydrogen) atoms. The molecule has 0 bridgehead atoms. The van der Waals surface area contributed by atoms with Gasteiger partial charge in [-0.25, -0.2) is 0 Å². The maximum absolute atomic E-state index is 5.78. The average Bonchev–Trinajstić information content (AvgIpc) is 3.22. The zero-order valence-electron chi connectivity index (χ0n) is 12.4. The molecule has 2 heteroatoms. The molecule has 1 heterocycles. The Morgan fingerprint density at radius 3 is 2.45 bits per heavy atom. The van der Waals surface area contributed by atoms with E-state index in [9.17, 15) is 0 Å². The van der Waals surface area contributed by atoms with E-state index in [4.69, 9.17) is 4.74 Å². The van der Waals surface area contributed by atoms with Crippen molar-refractivity contribution in [3.8, 4) is 0 Å². The van der Waals surface area contributed by atoms with Gasteiger partial charge in [0.25, 0.3) is 0 Å². The summed E-state index contributed by atoms with van der Waals surface area (Å²) in [7, 11) is 0. The minimum absolute atomic E-state index is 0.256. The maximum atomic E-state index is 5.78. The number of hydrogen-bond acceptors (Lipinski definition) is 1. The summed E-state index contributed by atoms with van der Waals surface area (Å²) in [6, 6.07) is 8.34. The van der Waals surface area contributed by atoms with Crippen molar-refractivity contribution in [2.45, 2.75) is 64.1 Å². The van der Waals surface area contributed by atoms with E-state index in [1.165, 1.54) is 50.5 Å². The summed E-state index contributed by atoms with van der Waals surface area (Å²) < 4.78 is 6.89. The van der Waals surface area contributed by atoms with E-state index < -0.39 is 0 Å². The van der Waals surface area contributed by atoms with Crippen LogP contribution in [0.1, 0.15) is 57.4 Å². The summed E-state index contributed by atoms with van der Waals surface area (Å²) in [5.41, 5.74) is 2.33. The van der Waals surface area contributed by atoms with Gasteiger partial charge in [0.1, 0.15) is 6.10 Å². The lowest BCUT2D eigenvalue weighted by Gasteiger charge is -2.03. The smallest absolute Gasteiger partial charge is 0.109 e. The number of unbranched alkanes of at least 4 members (excludes halogenated alkanes) is 5. The minimum Gasteiger partial charge on any atom is -0.365 e. The second-order valence-electron chi connectivity index (χ2n) is 5.68. The fourth-order valence-electron chi connectivity index (χ4n) is 2.62. The number of rotatable bonds is 9. The first kappa shape index (κ1) is 15.8. The monoisotopic (exact) mass is 336 g/mol. The van der Waals surface area contributed by atoms with Gasteiger partial charge in [0.05, 0.1) is 6.10 Å². The Labute approximate surface area is 131 Å². The van der Waals surface area contributed by atoms with Crippen LogP contribution in [0.5, 0.6) is 0 Å². The molecule has 0 saturated carbocycles. The predicted molar refractivity (Wildman–Crippen MR) is 89.8 cm³/mol. The van der Waals surface area contributed by atoms with Crippen molar-refractivity contribution in [2.24, 2.45) is 0 Å². The van der Waals surface area contributed by atoms with Gasteiger partial charge in [0, 0.05) is 4.47 Å². The highest BCUT2D eigenvalue weighted by Crippen LogP contribution is 2.37. The molecule has 0 spiro atoms. The lowest BCUT2D eigenvalue weighted by molar-refractivity contribution is 0.374. The first-order chi connectivity index (χ1) is 9.72. The highest BCUT2D eigenvalue weighted by molar-refractivity contribution is 9.10. The Bertz CT molecular complexity index is 424. The van der Waals surface area contributed by atoms with Crippen molar-refractivity contribution in [3.05, 3.63) is 40.9 Å². The van der Waals surface area contributed by atoms with E-state index in [0.717, 1.165) is 10.0 Å². The Morgan fingerprint density at radius 1 is 1.10 bits per heavy atom. The van der Waals surface area contributed by atoms with Crippen molar-refractivity contribution < 1.29 is 4.74 Å². The zero-order valence-corrected chi connectivity index (χ0v) is 14.0. The summed E-state index contributed by atoms with van der Waals surface area (Å²) in [6.45, 7) is 6.46. The topological polar surface area (TPSA) is 12.5 Å². The first-order valence-electron chi connectivity index (χ1n) is 7.82. The molecule has 1 nitrogen and oxygen atoms in total. The Morgan fingerprint density at radius 2 is 1.75 bits per heavy atom. The third kappa shape index (κ3) is 4.75. The molecule has 1 saturated heterocycles. The van der Waals surface area contributed by atoms with Crippen LogP contribution < -0.4 is 0 Å². The third-order valence-electron chi connectivity index (χ3n) is 3.98. The van der Waals surface area contributed by atoms with Crippen LogP contribution in [0.25, 0.3) is 5.57 Å². The van der Waals surface area contributed by atoms with Gasteiger partial charge in [-0.05, 0) is 29.7 Å². The molecule has 0 radical (unpaired) electrons. The molecule has 1 aromatic carbocycles. The van der Waals surface area contributed by atoms with Crippen LogP contribution in [0, 0.1) is 0 Å². The predicted octanol–water partition coefficient (Wildman–Crippen LogP) is 5.98. The van der Waals surface area contributed by atoms with Gasteiger partial charge in [-0.2, -0.15) is 0 Å². The van der Waals surface area contributed by atoms with Crippen molar-refractivity contribution in [2.75, 3.05) is 0 Å². The maximum Gasteiger partial charge on any atom is 0.109 e. The molecule has 2 rings (SSSR count). The summed E-state index contributed by atoms with van der Waals surface area (Å²) in [5, 5.41) is 0. The number of halogens is 1. The molecule has 0 aromatic heterocycles. The van der Waals surface area contributed by atoms with E-state index in [1.807, 2.05) is 0 Å². The highest BCUT2D eigenvalue weighted by Gasteiger charge is 2.40. The van der Waals surface area contributed by atoms with Crippen LogP contribution >= 0.6 is 15.9 Å². The van der Waals surface area contributed by atoms with Gasteiger partial charge in [-0.3, -0.25) is 0 Å². The van der Waals surface area contributed by atoms with Crippen LogP contribution in [-0.2, 0) is 4.74 Å². The summed E-state index contributed by atoms with van der Waals surface area (Å²) >= 11 is 3.46. The van der Waals surface area contributed by atoms with E-state index >= 15 is 0 Å². The van der Waals surface area contributed by atoms with Crippen LogP contribution in [-0.4, -0.2) is 12.2 Å². The number of ether oxygens (including phenoxy) is 1. The first-order valence-corrected chi connectivity index (χ1v) is 8.62. The van der Waals surface area contributed by atoms with E-state index in [1.54, 1.807) is 0 Å². The zero-order chi connectivity index (χ0) is 14.4. The number of benzene rings is 1. The van der Waals surface area contributed by atoms with Gasteiger partial charge >= 0.3 is 0 Å². The standard InChI is InChI=1S/C18H25BrO/c1-3-4-5-6-7-8-9-17-18(20-17)14(2)15-10-12-16(19)13-11-15/h10-13,17-18H,2-9H2,1H3/t17-,18-/m0/s1. The van der Waals surface area contributed by atoms with Gasteiger partial charge < -0.3 is 4.74 Å². The van der Waals surface area contributed by atoms with Crippen LogP contribution in [0.4, 0.5) is 0 Å². The van der Waals surface area contributed by atoms with Crippen LogP contribution in [0.3, 0.4) is 0 Å². The second-order valence-corrected chi connectivity index (χ2v) is 6.60. The Hall–Kier alpha value is -0.600. The van der Waals surface area contributed by atoms with E-state index in [0.29, 0.717) is 6.10 Å². The van der Waals surface area contributed by atoms with Gasteiger partial charge in [0.2, 0.25) is 0 Å². The largest absolute Gasteiger partial charge is 0.365 e. The van der Waals surface area contributed by atoms with Crippen LogP contribution in [0.15, 0.2) is 35.3 Å². The Balaban J connectivity index is 1.64. The normalized spacial score (nSPS) is 20.9. The molecule has 0 aliphatic carbocycles. The van der Waals surface area contributed by atoms with Crippen molar-refractivity contribution >= 4 is 21.5 Å². The molecule has 0 unspecified atom stereocenters. The molecular weight excluding hydrogens is 312 g/mol. The quantitative estimate of drug-likeness (QED) is 0.399. The number of epoxide rings is 1. The van der Waals surface area contributed by atoms with Crippen LogP contribution in [0.2, 0.25) is 0 Å². The fraction of sp³-hybridized carbons (Fsp3) is 0.556. The summed E-state index contributed by atoms with van der Waals surface area (Å²) in [5.74, 6) is 0. The average molecular weight is 337 g/mol. The molecule has 1 aliphatic heterocycles. The SMILES string of the molecule is C=C(c1ccc(Br)cc1)[C@@H]1O[C@H]1CCCCCCCC. The molecular formula is C18H25BrO. The van der Waals surface area contributed by atoms with Crippen molar-refractivity contribution in [1.82, 2.24) is 0 Å². The van der Waals surface area contributed by atoms with Gasteiger partial charge in [0.15, 0.2) is 0 Å².